The fraction of sp³-hybridized carbons (Fsp3) is 0.629. The zero-order chi connectivity index (χ0) is 36.7. The van der Waals surface area contributed by atoms with E-state index in [1.165, 1.54) is 15.9 Å². The maximum Gasteiger partial charge on any atom is 0.410 e. The van der Waals surface area contributed by atoms with Crippen molar-refractivity contribution in [3.63, 3.8) is 0 Å². The Morgan fingerprint density at radius 1 is 1.06 bits per heavy atom. The van der Waals surface area contributed by atoms with Crippen molar-refractivity contribution < 1.29 is 46.3 Å². The van der Waals surface area contributed by atoms with Crippen molar-refractivity contribution in [2.24, 2.45) is 5.92 Å². The standard InChI is InChI=1S/C35H46FN5O9S.Na/c1-34(2,3)50-32(45)37-27-13-8-6-4-5-7-11-22-17-35(22,31(44)39-51(47,48)24-14-15-24)38-29(42)28-16-23(19-41(28)30(27)43)49-33(46)40-18-21-10-9-12-26(36)25(21)20-40;/h7,9-12,22-24,27-28H,4-6,8,13-20H2,1-3H3,(H,37,45)(H,38,42)(H,39,44);/b11-7+;/t22-,23-,27+,28+,35-;/m1./s1. The van der Waals surface area contributed by atoms with E-state index in [1.807, 2.05) is 12.2 Å². The van der Waals surface area contributed by atoms with Crippen molar-refractivity contribution >= 4 is 69.5 Å². The van der Waals surface area contributed by atoms with Crippen LogP contribution in [-0.4, -0.2) is 119 Å². The van der Waals surface area contributed by atoms with Gasteiger partial charge in [0.25, 0.3) is 5.91 Å². The Morgan fingerprint density at radius 3 is 2.50 bits per heavy atom. The number of alkyl carbamates (subject to hydrolysis) is 1. The van der Waals surface area contributed by atoms with Crippen LogP contribution in [0.5, 0.6) is 0 Å². The molecule has 0 bridgehead atoms. The van der Waals surface area contributed by atoms with Crippen molar-refractivity contribution in [1.29, 1.82) is 0 Å². The molecule has 3 heterocycles. The van der Waals surface area contributed by atoms with Gasteiger partial charge in [-0.1, -0.05) is 37.1 Å². The second-order valence-corrected chi connectivity index (χ2v) is 17.2. The predicted molar refractivity (Wildman–Crippen MR) is 186 cm³/mol. The van der Waals surface area contributed by atoms with Crippen molar-refractivity contribution in [2.45, 2.75) is 126 Å². The average Bonchev–Trinajstić information content (AvgIpc) is 3.93. The summed E-state index contributed by atoms with van der Waals surface area (Å²) < 4.78 is 53.3. The molecule has 5 atom stereocenters. The zero-order valence-corrected chi connectivity index (χ0v) is 32.9. The predicted octanol–water partition coefficient (Wildman–Crippen LogP) is 2.76. The molecule has 0 spiro atoms. The number of benzene rings is 1. The van der Waals surface area contributed by atoms with Crippen molar-refractivity contribution in [1.82, 2.24) is 25.2 Å². The molecular weight excluding hydrogens is 708 g/mol. The van der Waals surface area contributed by atoms with Crippen LogP contribution in [-0.2, 0) is 47.0 Å². The van der Waals surface area contributed by atoms with Gasteiger partial charge in [-0.15, -0.1) is 0 Å². The third kappa shape index (κ3) is 9.11. The molecule has 2 saturated carbocycles. The first-order valence-electron chi connectivity index (χ1n) is 17.6. The minimum absolute atomic E-state index is 0. The molecule has 2 aliphatic carbocycles. The van der Waals surface area contributed by atoms with E-state index in [1.54, 1.807) is 32.9 Å². The molecule has 6 rings (SSSR count). The van der Waals surface area contributed by atoms with E-state index in [4.69, 9.17) is 9.47 Å². The molecule has 17 heteroatoms. The third-order valence-corrected chi connectivity index (χ3v) is 11.8. The van der Waals surface area contributed by atoms with Gasteiger partial charge in [-0.25, -0.2) is 22.4 Å². The second-order valence-electron chi connectivity index (χ2n) is 15.2. The molecule has 3 N–H and O–H groups in total. The van der Waals surface area contributed by atoms with Gasteiger partial charge < -0.3 is 25.0 Å². The first-order valence-corrected chi connectivity index (χ1v) is 19.2. The van der Waals surface area contributed by atoms with Crippen LogP contribution in [0, 0.1) is 11.7 Å². The van der Waals surface area contributed by atoms with Crippen LogP contribution in [0.15, 0.2) is 30.4 Å². The van der Waals surface area contributed by atoms with Crippen molar-refractivity contribution in [3.05, 3.63) is 47.3 Å². The number of carbonyl (C=O) groups excluding carboxylic acids is 5. The molecular formula is C35H46FN5NaO9S. The molecule has 3 aliphatic heterocycles. The van der Waals surface area contributed by atoms with Gasteiger partial charge in [0.2, 0.25) is 21.8 Å². The topological polar surface area (TPSA) is 181 Å². The van der Waals surface area contributed by atoms with E-state index >= 15 is 0 Å². The molecule has 279 valence electrons. The number of sulfonamides is 1. The number of nitrogens with one attached hydrogen (secondary N) is 3. The summed E-state index contributed by atoms with van der Waals surface area (Å²) in [5.74, 6) is -3.06. The molecule has 3 fully saturated rings. The van der Waals surface area contributed by atoms with E-state index in [9.17, 15) is 36.8 Å². The van der Waals surface area contributed by atoms with Gasteiger partial charge in [-0.3, -0.25) is 24.0 Å². The number of nitrogens with zero attached hydrogens (tertiary/aromatic N) is 2. The largest absolute Gasteiger partial charge is 0.444 e. The number of ether oxygens (including phenoxy) is 2. The van der Waals surface area contributed by atoms with E-state index in [-0.39, 0.29) is 68.5 Å². The normalized spacial score (nSPS) is 28.4. The van der Waals surface area contributed by atoms with Gasteiger partial charge in [0.15, 0.2) is 0 Å². The molecule has 5 aliphatic rings. The maximum absolute atomic E-state index is 14.4. The molecule has 1 aromatic rings. The first kappa shape index (κ1) is 40.0. The molecule has 1 radical (unpaired) electrons. The first-order chi connectivity index (χ1) is 24.1. The number of allylic oxidation sites excluding steroid dienone is 1. The number of amides is 5. The molecule has 5 amide bonds. The number of carbonyl (C=O) groups is 5. The Labute approximate surface area is 325 Å². The monoisotopic (exact) mass is 754 g/mol. The quantitative estimate of drug-likeness (QED) is 0.301. The molecule has 0 unspecified atom stereocenters. The van der Waals surface area contributed by atoms with Gasteiger partial charge >= 0.3 is 12.2 Å². The van der Waals surface area contributed by atoms with Crippen LogP contribution < -0.4 is 15.4 Å². The summed E-state index contributed by atoms with van der Waals surface area (Å²) in [4.78, 5) is 70.8. The van der Waals surface area contributed by atoms with Crippen LogP contribution in [0.4, 0.5) is 14.0 Å². The Balaban J connectivity index is 0.00000523. The summed E-state index contributed by atoms with van der Waals surface area (Å²) in [5.41, 5.74) is -1.36. The van der Waals surface area contributed by atoms with Crippen molar-refractivity contribution in [3.8, 4) is 0 Å². The third-order valence-electron chi connectivity index (χ3n) is 9.99. The van der Waals surface area contributed by atoms with E-state index in [0.717, 1.165) is 12.8 Å². The SMILES string of the molecule is CC(C)(C)OC(=O)N[C@H]1CCCCC/C=C/[C@@H]2C[C@@]2(C(=O)NS(=O)(=O)C2CC2)NC(=O)[C@@H]2C[C@@H](OC(=O)N3Cc4cccc(F)c4C3)CN2C1=O.[Na]. The average molecular weight is 755 g/mol. The number of fused-ring (bicyclic) bond motifs is 3. The number of rotatable bonds is 5. The summed E-state index contributed by atoms with van der Waals surface area (Å²) >= 11 is 0. The van der Waals surface area contributed by atoms with Gasteiger partial charge in [-0.05, 0) is 70.9 Å². The minimum Gasteiger partial charge on any atom is -0.444 e. The van der Waals surface area contributed by atoms with Crippen LogP contribution >= 0.6 is 0 Å². The number of halogens is 1. The molecule has 14 nitrogen and oxygen atoms in total. The molecule has 52 heavy (non-hydrogen) atoms. The number of hydrogen-bond acceptors (Lipinski definition) is 9. The van der Waals surface area contributed by atoms with Crippen LogP contribution in [0.25, 0.3) is 0 Å². The smallest absolute Gasteiger partial charge is 0.410 e. The Morgan fingerprint density at radius 2 is 1.81 bits per heavy atom. The van der Waals surface area contributed by atoms with Crippen molar-refractivity contribution in [2.75, 3.05) is 6.54 Å². The second kappa shape index (κ2) is 15.6. The fourth-order valence-corrected chi connectivity index (χ4v) is 8.39. The van der Waals surface area contributed by atoms with E-state index in [0.29, 0.717) is 36.8 Å². The summed E-state index contributed by atoms with van der Waals surface area (Å²) in [6.45, 7) is 5.01. The summed E-state index contributed by atoms with van der Waals surface area (Å²) in [6, 6.07) is 2.30. The summed E-state index contributed by atoms with van der Waals surface area (Å²) in [6.07, 6.45) is 5.10. The Kier molecular flexibility index (Phi) is 12.0. The van der Waals surface area contributed by atoms with Gasteiger partial charge in [0, 0.05) is 54.0 Å². The van der Waals surface area contributed by atoms with Gasteiger partial charge in [0.05, 0.1) is 18.3 Å². The van der Waals surface area contributed by atoms with E-state index < -0.39 is 86.2 Å². The van der Waals surface area contributed by atoms with E-state index in [2.05, 4.69) is 15.4 Å². The maximum atomic E-state index is 14.4. The molecule has 1 saturated heterocycles. The van der Waals surface area contributed by atoms with Crippen LogP contribution in [0.1, 0.15) is 89.7 Å². The Bertz CT molecular complexity index is 1730. The number of hydrogen-bond donors (Lipinski definition) is 3. The summed E-state index contributed by atoms with van der Waals surface area (Å²) in [7, 11) is -3.92. The molecule has 1 aromatic carbocycles. The fourth-order valence-electron chi connectivity index (χ4n) is 7.02. The summed E-state index contributed by atoms with van der Waals surface area (Å²) in [5, 5.41) is 4.79. The van der Waals surface area contributed by atoms with Gasteiger partial charge in [-0.2, -0.15) is 0 Å². The van der Waals surface area contributed by atoms with Crippen LogP contribution in [0.2, 0.25) is 0 Å². The van der Waals surface area contributed by atoms with Crippen LogP contribution in [0.3, 0.4) is 0 Å². The Hall–Kier alpha value is -3.21. The molecule has 0 aromatic heterocycles. The van der Waals surface area contributed by atoms with Gasteiger partial charge in [0.1, 0.15) is 35.1 Å². The zero-order valence-electron chi connectivity index (χ0n) is 30.1. The minimum atomic E-state index is -3.92.